The molecule has 0 aliphatic carbocycles. The molecule has 116 valence electrons. The van der Waals surface area contributed by atoms with E-state index in [1.165, 1.54) is 0 Å². The highest BCUT2D eigenvalue weighted by Gasteiger charge is 2.26. The van der Waals surface area contributed by atoms with Crippen molar-refractivity contribution in [1.82, 2.24) is 5.32 Å². The number of hydrogen-bond acceptors (Lipinski definition) is 3. The van der Waals surface area contributed by atoms with Gasteiger partial charge >= 0.3 is 0 Å². The zero-order chi connectivity index (χ0) is 15.3. The van der Waals surface area contributed by atoms with Crippen molar-refractivity contribution in [2.45, 2.75) is 26.7 Å². The molecule has 0 unspecified atom stereocenters. The molecule has 0 spiro atoms. The fourth-order valence-electron chi connectivity index (χ4n) is 2.44. The largest absolute Gasteiger partial charge is 0.381 e. The molecule has 0 aromatic heterocycles. The first-order valence-corrected chi connectivity index (χ1v) is 7.71. The Labute approximate surface area is 131 Å². The summed E-state index contributed by atoms with van der Waals surface area (Å²) in [4.78, 5) is 12.0. The quantitative estimate of drug-likeness (QED) is 0.879. The van der Waals surface area contributed by atoms with E-state index in [9.17, 15) is 4.79 Å². The molecule has 1 aromatic rings. The normalized spacial score (nSPS) is 17.5. The summed E-state index contributed by atoms with van der Waals surface area (Å²) in [7, 11) is 0. The minimum Gasteiger partial charge on any atom is -0.381 e. The molecule has 0 bridgehead atoms. The van der Waals surface area contributed by atoms with Crippen molar-refractivity contribution in [1.29, 1.82) is 0 Å². The fourth-order valence-corrected chi connectivity index (χ4v) is 2.61. The van der Waals surface area contributed by atoms with Gasteiger partial charge in [-0.2, -0.15) is 0 Å². The predicted molar refractivity (Wildman–Crippen MR) is 85.8 cm³/mol. The molecule has 1 aliphatic heterocycles. The van der Waals surface area contributed by atoms with Gasteiger partial charge in [0.1, 0.15) is 0 Å². The summed E-state index contributed by atoms with van der Waals surface area (Å²) in [5.41, 5.74) is 2.00. The summed E-state index contributed by atoms with van der Waals surface area (Å²) < 4.78 is 5.38. The molecular weight excluding hydrogens is 288 g/mol. The van der Waals surface area contributed by atoms with E-state index >= 15 is 0 Å². The van der Waals surface area contributed by atoms with Gasteiger partial charge in [-0.15, -0.1) is 0 Å². The van der Waals surface area contributed by atoms with Crippen LogP contribution in [0.4, 0.5) is 5.69 Å². The number of halogens is 1. The molecule has 1 heterocycles. The van der Waals surface area contributed by atoms with Gasteiger partial charge in [0.15, 0.2) is 0 Å². The molecule has 2 rings (SSSR count). The third-order valence-corrected chi connectivity index (χ3v) is 4.25. The van der Waals surface area contributed by atoms with Gasteiger partial charge in [-0.05, 0) is 42.9 Å². The van der Waals surface area contributed by atoms with Gasteiger partial charge in [-0.3, -0.25) is 4.79 Å². The SMILES string of the molecule is Cc1ccc(Cl)cc1NC(=O)CNCC1(C)CCOCC1. The summed E-state index contributed by atoms with van der Waals surface area (Å²) >= 11 is 5.95. The Balaban J connectivity index is 1.78. The van der Waals surface area contributed by atoms with Crippen LogP contribution in [0.2, 0.25) is 5.02 Å². The molecular formula is C16H23ClN2O2. The number of amides is 1. The summed E-state index contributed by atoms with van der Waals surface area (Å²) in [5.74, 6) is -0.0453. The number of ether oxygens (including phenoxy) is 1. The van der Waals surface area contributed by atoms with E-state index < -0.39 is 0 Å². The number of carbonyl (C=O) groups is 1. The van der Waals surface area contributed by atoms with E-state index in [2.05, 4.69) is 17.6 Å². The molecule has 1 fully saturated rings. The molecule has 5 heteroatoms. The number of benzene rings is 1. The molecule has 0 radical (unpaired) electrons. The van der Waals surface area contributed by atoms with Gasteiger partial charge < -0.3 is 15.4 Å². The number of rotatable bonds is 5. The van der Waals surface area contributed by atoms with Crippen LogP contribution in [0, 0.1) is 12.3 Å². The van der Waals surface area contributed by atoms with E-state index in [1.54, 1.807) is 6.07 Å². The molecule has 1 amide bonds. The molecule has 1 aliphatic rings. The van der Waals surface area contributed by atoms with Crippen LogP contribution in [0.1, 0.15) is 25.3 Å². The average Bonchev–Trinajstić information content (AvgIpc) is 2.43. The number of carbonyl (C=O) groups excluding carboxylic acids is 1. The number of nitrogens with one attached hydrogen (secondary N) is 2. The van der Waals surface area contributed by atoms with Crippen molar-refractivity contribution in [2.75, 3.05) is 31.6 Å². The minimum absolute atomic E-state index is 0.0453. The highest BCUT2D eigenvalue weighted by atomic mass is 35.5. The molecule has 4 nitrogen and oxygen atoms in total. The predicted octanol–water partition coefficient (Wildman–Crippen LogP) is 2.99. The Morgan fingerprint density at radius 2 is 2.10 bits per heavy atom. The zero-order valence-electron chi connectivity index (χ0n) is 12.7. The highest BCUT2D eigenvalue weighted by Crippen LogP contribution is 2.28. The van der Waals surface area contributed by atoms with Crippen LogP contribution in [0.15, 0.2) is 18.2 Å². The highest BCUT2D eigenvalue weighted by molar-refractivity contribution is 6.31. The third kappa shape index (κ3) is 4.99. The van der Waals surface area contributed by atoms with Crippen LogP contribution in [-0.4, -0.2) is 32.2 Å². The summed E-state index contributed by atoms with van der Waals surface area (Å²) in [5, 5.41) is 6.76. The van der Waals surface area contributed by atoms with Crippen molar-refractivity contribution in [3.8, 4) is 0 Å². The maximum Gasteiger partial charge on any atom is 0.238 e. The first-order chi connectivity index (χ1) is 9.98. The topological polar surface area (TPSA) is 50.4 Å². The van der Waals surface area contributed by atoms with Crippen LogP contribution in [0.3, 0.4) is 0 Å². The van der Waals surface area contributed by atoms with Crippen molar-refractivity contribution in [3.63, 3.8) is 0 Å². The smallest absolute Gasteiger partial charge is 0.238 e. The second-order valence-corrected chi connectivity index (χ2v) is 6.47. The van der Waals surface area contributed by atoms with Crippen LogP contribution < -0.4 is 10.6 Å². The van der Waals surface area contributed by atoms with E-state index in [1.807, 2.05) is 19.1 Å². The van der Waals surface area contributed by atoms with Gasteiger partial charge in [-0.25, -0.2) is 0 Å². The van der Waals surface area contributed by atoms with Crippen LogP contribution >= 0.6 is 11.6 Å². The lowest BCUT2D eigenvalue weighted by Crippen LogP contribution is -2.39. The Kier molecular flexibility index (Phi) is 5.62. The van der Waals surface area contributed by atoms with Crippen molar-refractivity contribution < 1.29 is 9.53 Å². The standard InChI is InChI=1S/C16H23ClN2O2/c1-12-3-4-13(17)9-14(12)19-15(20)10-18-11-16(2)5-7-21-8-6-16/h3-4,9,18H,5-8,10-11H2,1-2H3,(H,19,20). The van der Waals surface area contributed by atoms with Gasteiger partial charge in [0, 0.05) is 30.5 Å². The fraction of sp³-hybridized carbons (Fsp3) is 0.562. The van der Waals surface area contributed by atoms with Crippen molar-refractivity contribution >= 4 is 23.2 Å². The lowest BCUT2D eigenvalue weighted by atomic mass is 9.82. The number of anilines is 1. The summed E-state index contributed by atoms with van der Waals surface area (Å²) in [6.45, 7) is 6.95. The van der Waals surface area contributed by atoms with Crippen LogP contribution in [0.5, 0.6) is 0 Å². The van der Waals surface area contributed by atoms with Gasteiger partial charge in [0.2, 0.25) is 5.91 Å². The molecule has 1 saturated heterocycles. The van der Waals surface area contributed by atoms with Gasteiger partial charge in [-0.1, -0.05) is 24.6 Å². The molecule has 0 atom stereocenters. The second kappa shape index (κ2) is 7.25. The lowest BCUT2D eigenvalue weighted by Gasteiger charge is -2.33. The van der Waals surface area contributed by atoms with Gasteiger partial charge in [0.05, 0.1) is 6.54 Å². The van der Waals surface area contributed by atoms with Crippen molar-refractivity contribution in [2.24, 2.45) is 5.41 Å². The van der Waals surface area contributed by atoms with Crippen LogP contribution in [-0.2, 0) is 9.53 Å². The Morgan fingerprint density at radius 1 is 1.38 bits per heavy atom. The van der Waals surface area contributed by atoms with E-state index in [0.29, 0.717) is 11.6 Å². The second-order valence-electron chi connectivity index (χ2n) is 6.03. The van der Waals surface area contributed by atoms with Gasteiger partial charge in [0.25, 0.3) is 0 Å². The van der Waals surface area contributed by atoms with E-state index in [4.69, 9.17) is 16.3 Å². The maximum atomic E-state index is 12.0. The Bertz CT molecular complexity index is 499. The molecule has 1 aromatic carbocycles. The zero-order valence-corrected chi connectivity index (χ0v) is 13.4. The molecule has 0 saturated carbocycles. The number of aryl methyl sites for hydroxylation is 1. The average molecular weight is 311 g/mol. The first-order valence-electron chi connectivity index (χ1n) is 7.33. The van der Waals surface area contributed by atoms with Crippen molar-refractivity contribution in [3.05, 3.63) is 28.8 Å². The van der Waals surface area contributed by atoms with E-state index in [-0.39, 0.29) is 11.3 Å². The Morgan fingerprint density at radius 3 is 2.81 bits per heavy atom. The first kappa shape index (κ1) is 16.3. The Hall–Kier alpha value is -1.10. The number of hydrogen-bond donors (Lipinski definition) is 2. The summed E-state index contributed by atoms with van der Waals surface area (Å²) in [6.07, 6.45) is 2.07. The molecule has 21 heavy (non-hydrogen) atoms. The van der Waals surface area contributed by atoms with Crippen LogP contribution in [0.25, 0.3) is 0 Å². The lowest BCUT2D eigenvalue weighted by molar-refractivity contribution is -0.115. The summed E-state index contributed by atoms with van der Waals surface area (Å²) in [6, 6.07) is 5.49. The monoisotopic (exact) mass is 310 g/mol. The minimum atomic E-state index is -0.0453. The maximum absolute atomic E-state index is 12.0. The van der Waals surface area contributed by atoms with E-state index in [0.717, 1.165) is 43.9 Å². The third-order valence-electron chi connectivity index (χ3n) is 4.01. The molecule has 2 N–H and O–H groups in total.